The molecule has 0 unspecified atom stereocenters. The largest absolute Gasteiger partial charge is 0.306 e. The molecule has 0 spiro atoms. The normalized spacial score (nSPS) is 11.9. The smallest absolute Gasteiger partial charge is 0.286 e. The lowest BCUT2D eigenvalue weighted by molar-refractivity contribution is -0.660. The van der Waals surface area contributed by atoms with Crippen molar-refractivity contribution in [2.75, 3.05) is 5.75 Å². The molecule has 2 N–H and O–H groups in total. The summed E-state index contributed by atoms with van der Waals surface area (Å²) in [7, 11) is -3.95. The summed E-state index contributed by atoms with van der Waals surface area (Å²) in [5.74, 6) is 0.554. The van der Waals surface area contributed by atoms with E-state index in [2.05, 4.69) is 9.97 Å². The highest BCUT2D eigenvalue weighted by Gasteiger charge is 2.21. The highest BCUT2D eigenvalue weighted by molar-refractivity contribution is 7.85. The number of H-pyrrole nitrogens is 1. The number of aromatic nitrogens is 3. The highest BCUT2D eigenvalue weighted by atomic mass is 32.2. The zero-order valence-electron chi connectivity index (χ0n) is 11.8. The van der Waals surface area contributed by atoms with Crippen LogP contribution in [0, 0.1) is 0 Å². The molecule has 0 aliphatic carbocycles. The van der Waals surface area contributed by atoms with Gasteiger partial charge in [-0.1, -0.05) is 18.2 Å². The zero-order valence-corrected chi connectivity index (χ0v) is 12.6. The monoisotopic (exact) mass is 318 g/mol. The van der Waals surface area contributed by atoms with E-state index in [4.69, 9.17) is 4.55 Å². The summed E-state index contributed by atoms with van der Waals surface area (Å²) >= 11 is 0. The Bertz CT molecular complexity index is 889. The lowest BCUT2D eigenvalue weighted by atomic mass is 10.3. The first-order valence-corrected chi connectivity index (χ1v) is 8.53. The molecule has 2 aromatic heterocycles. The number of hydrogen-bond acceptors (Lipinski definition) is 3. The molecule has 0 aliphatic rings. The van der Waals surface area contributed by atoms with Gasteiger partial charge in [0.1, 0.15) is 0 Å². The van der Waals surface area contributed by atoms with Gasteiger partial charge < -0.3 is 0 Å². The van der Waals surface area contributed by atoms with E-state index in [1.807, 2.05) is 47.0 Å². The third kappa shape index (κ3) is 3.15. The fraction of sp³-hybridized carbons (Fsp3) is 0.200. The quantitative estimate of drug-likeness (QED) is 0.555. The Morgan fingerprint density at radius 2 is 1.91 bits per heavy atom. The number of fused-ring (bicyclic) bond motifs is 1. The average Bonchev–Trinajstić information content (AvgIpc) is 2.86. The number of pyridine rings is 1. The summed E-state index contributed by atoms with van der Waals surface area (Å²) in [5, 5.41) is 0. The Hall–Kier alpha value is -2.25. The van der Waals surface area contributed by atoms with E-state index in [0.717, 1.165) is 22.6 Å². The second-order valence-corrected chi connectivity index (χ2v) is 6.57. The zero-order chi connectivity index (χ0) is 15.6. The van der Waals surface area contributed by atoms with Gasteiger partial charge in [-0.15, -0.1) is 0 Å². The number of aromatic amines is 1. The Morgan fingerprint density at radius 1 is 1.14 bits per heavy atom. The van der Waals surface area contributed by atoms with Crippen molar-refractivity contribution in [2.24, 2.45) is 0 Å². The number of para-hydroxylation sites is 2. The maximum Gasteiger partial charge on any atom is 0.306 e. The summed E-state index contributed by atoms with van der Waals surface area (Å²) < 4.78 is 32.7. The number of nitrogens with one attached hydrogen (secondary N) is 1. The van der Waals surface area contributed by atoms with Crippen molar-refractivity contribution in [3.05, 3.63) is 48.7 Å². The minimum atomic E-state index is -3.95. The van der Waals surface area contributed by atoms with Gasteiger partial charge in [0.25, 0.3) is 10.1 Å². The first-order chi connectivity index (χ1) is 10.5. The number of rotatable bonds is 5. The first kappa shape index (κ1) is 14.7. The third-order valence-electron chi connectivity index (χ3n) is 3.41. The van der Waals surface area contributed by atoms with Crippen LogP contribution in [0.1, 0.15) is 6.42 Å². The molecule has 0 saturated heterocycles. The van der Waals surface area contributed by atoms with E-state index < -0.39 is 10.1 Å². The predicted octanol–water partition coefficient (Wildman–Crippen LogP) is 1.80. The van der Waals surface area contributed by atoms with Crippen LogP contribution in [-0.2, 0) is 16.7 Å². The molecule has 114 valence electrons. The van der Waals surface area contributed by atoms with Crippen LogP contribution >= 0.6 is 0 Å². The van der Waals surface area contributed by atoms with Gasteiger partial charge in [-0.25, -0.2) is 14.5 Å². The number of hydrogen-bond donors (Lipinski definition) is 2. The Labute approximate surface area is 128 Å². The molecule has 7 heteroatoms. The molecular weight excluding hydrogens is 302 g/mol. The summed E-state index contributed by atoms with van der Waals surface area (Å²) in [6.45, 7) is 0.468. The van der Waals surface area contributed by atoms with Gasteiger partial charge in [-0.05, 0) is 24.3 Å². The van der Waals surface area contributed by atoms with E-state index in [9.17, 15) is 8.42 Å². The second kappa shape index (κ2) is 5.86. The Morgan fingerprint density at radius 3 is 2.64 bits per heavy atom. The molecule has 1 aromatic carbocycles. The van der Waals surface area contributed by atoms with E-state index >= 15 is 0 Å². The topological polar surface area (TPSA) is 86.9 Å². The van der Waals surface area contributed by atoms with E-state index in [-0.39, 0.29) is 5.75 Å². The molecule has 0 aliphatic heterocycles. The van der Waals surface area contributed by atoms with Gasteiger partial charge in [-0.3, -0.25) is 4.55 Å². The van der Waals surface area contributed by atoms with Gasteiger partial charge >= 0.3 is 5.82 Å². The van der Waals surface area contributed by atoms with Crippen molar-refractivity contribution in [1.29, 1.82) is 0 Å². The van der Waals surface area contributed by atoms with Crippen LogP contribution < -0.4 is 4.57 Å². The maximum absolute atomic E-state index is 10.9. The molecule has 22 heavy (non-hydrogen) atoms. The first-order valence-electron chi connectivity index (χ1n) is 6.92. The van der Waals surface area contributed by atoms with E-state index in [1.165, 1.54) is 0 Å². The Balaban J connectivity index is 2.02. The minimum Gasteiger partial charge on any atom is -0.286 e. The summed E-state index contributed by atoms with van der Waals surface area (Å²) in [5.41, 5.74) is 2.71. The van der Waals surface area contributed by atoms with Crippen molar-refractivity contribution in [3.8, 4) is 11.5 Å². The van der Waals surface area contributed by atoms with Crippen LogP contribution in [0.2, 0.25) is 0 Å². The fourth-order valence-electron chi connectivity index (χ4n) is 2.47. The molecule has 0 fully saturated rings. The van der Waals surface area contributed by atoms with Crippen LogP contribution in [0.3, 0.4) is 0 Å². The van der Waals surface area contributed by atoms with Crippen LogP contribution in [0.25, 0.3) is 22.6 Å². The molecule has 0 radical (unpaired) electrons. The molecule has 0 atom stereocenters. The van der Waals surface area contributed by atoms with Crippen molar-refractivity contribution in [1.82, 2.24) is 9.97 Å². The lowest BCUT2D eigenvalue weighted by Gasteiger charge is -2.01. The molecule has 6 nitrogen and oxygen atoms in total. The van der Waals surface area contributed by atoms with Gasteiger partial charge in [0, 0.05) is 12.6 Å². The van der Waals surface area contributed by atoms with Gasteiger partial charge in [0.2, 0.25) is 0 Å². The van der Waals surface area contributed by atoms with Crippen molar-refractivity contribution >= 4 is 21.2 Å². The highest BCUT2D eigenvalue weighted by Crippen LogP contribution is 2.16. The number of imidazole rings is 1. The molecule has 0 saturated carbocycles. The van der Waals surface area contributed by atoms with Crippen LogP contribution in [-0.4, -0.2) is 28.7 Å². The molecule has 0 bridgehead atoms. The standard InChI is InChI=1S/C15H15N3O3S/c19-22(20,21)11-5-10-18-14-8-2-1-6-12(14)17-15(18)13-7-3-4-9-16-13/h1-4,6-9H,5,10-11H2,(H,19,20,21)/p+1. The fourth-order valence-corrected chi connectivity index (χ4v) is 2.97. The van der Waals surface area contributed by atoms with E-state index in [1.54, 1.807) is 6.20 Å². The molecular formula is C15H16N3O3S+. The van der Waals surface area contributed by atoms with Gasteiger partial charge in [0.15, 0.2) is 16.7 Å². The third-order valence-corrected chi connectivity index (χ3v) is 4.21. The summed E-state index contributed by atoms with van der Waals surface area (Å²) in [6.07, 6.45) is 2.04. The number of nitrogens with zero attached hydrogens (tertiary/aromatic N) is 2. The van der Waals surface area contributed by atoms with Gasteiger partial charge in [0.05, 0.1) is 12.3 Å². The number of aryl methyl sites for hydroxylation is 1. The molecule has 3 rings (SSSR count). The van der Waals surface area contributed by atoms with Gasteiger partial charge in [-0.2, -0.15) is 8.42 Å². The van der Waals surface area contributed by atoms with Crippen LogP contribution in [0.4, 0.5) is 0 Å². The lowest BCUT2D eigenvalue weighted by Crippen LogP contribution is -2.36. The average molecular weight is 318 g/mol. The van der Waals surface area contributed by atoms with E-state index in [0.29, 0.717) is 13.0 Å². The molecule has 3 aromatic rings. The number of benzene rings is 1. The summed E-state index contributed by atoms with van der Waals surface area (Å²) in [4.78, 5) is 7.66. The summed E-state index contributed by atoms with van der Waals surface area (Å²) in [6, 6.07) is 13.4. The maximum atomic E-state index is 10.9. The minimum absolute atomic E-state index is 0.263. The van der Waals surface area contributed by atoms with Crippen molar-refractivity contribution in [2.45, 2.75) is 13.0 Å². The van der Waals surface area contributed by atoms with Crippen molar-refractivity contribution < 1.29 is 17.5 Å². The van der Waals surface area contributed by atoms with Crippen LogP contribution in [0.5, 0.6) is 0 Å². The van der Waals surface area contributed by atoms with Crippen molar-refractivity contribution in [3.63, 3.8) is 0 Å². The molecule has 0 amide bonds. The Kier molecular flexibility index (Phi) is 3.91. The second-order valence-electron chi connectivity index (χ2n) is 5.00. The van der Waals surface area contributed by atoms with Crippen LogP contribution in [0.15, 0.2) is 48.7 Å². The predicted molar refractivity (Wildman–Crippen MR) is 82.8 cm³/mol. The molecule has 2 heterocycles. The SMILES string of the molecule is O=S(=O)(O)CCC[n+]1c(-c2ccccn2)[nH]c2ccccc21.